The van der Waals surface area contributed by atoms with Gasteiger partial charge in [-0.3, -0.25) is 4.79 Å². The molecule has 0 fully saturated rings. The maximum absolute atomic E-state index is 10.8. The second-order valence-electron chi connectivity index (χ2n) is 2.25. The van der Waals surface area contributed by atoms with E-state index in [1.165, 1.54) is 24.2 Å². The molecule has 1 rings (SSSR count). The van der Waals surface area contributed by atoms with Crippen molar-refractivity contribution >= 4 is 5.97 Å². The van der Waals surface area contributed by atoms with Crippen LogP contribution in [0.2, 0.25) is 0 Å². The minimum atomic E-state index is -0.359. The van der Waals surface area contributed by atoms with Crippen LogP contribution in [0.5, 0.6) is 0 Å². The summed E-state index contributed by atoms with van der Waals surface area (Å²) >= 11 is 0. The number of nitrogens with zero attached hydrogens (tertiary/aromatic N) is 2. The molecule has 0 saturated carbocycles. The average Bonchev–Trinajstić information content (AvgIpc) is 2.51. The number of rotatable bonds is 3. The van der Waals surface area contributed by atoms with Gasteiger partial charge in [0.15, 0.2) is 0 Å². The van der Waals surface area contributed by atoms with E-state index in [1.807, 2.05) is 0 Å². The third-order valence-electron chi connectivity index (χ3n) is 1.49. The molecule has 0 radical (unpaired) electrons. The minimum Gasteiger partial charge on any atom is -0.468 e. The quantitative estimate of drug-likeness (QED) is 0.624. The molecule has 0 saturated heterocycles. The van der Waals surface area contributed by atoms with E-state index in [0.29, 0.717) is 5.69 Å². The standard InChI is InChI=1S/C7H10N2O3/c1-12-7(11)3-9-5-8-2-6(9)4-10/h2,5,10H,3-4H2,1H3. The lowest BCUT2D eigenvalue weighted by Crippen LogP contribution is -2.12. The molecular formula is C7H10N2O3. The van der Waals surface area contributed by atoms with E-state index < -0.39 is 0 Å². The summed E-state index contributed by atoms with van der Waals surface area (Å²) in [7, 11) is 1.32. The molecule has 0 unspecified atom stereocenters. The number of methoxy groups -OCH3 is 1. The fourth-order valence-corrected chi connectivity index (χ4v) is 0.826. The number of carbonyl (C=O) groups is 1. The van der Waals surface area contributed by atoms with Gasteiger partial charge in [0.05, 0.1) is 31.9 Å². The Balaban J connectivity index is 2.68. The molecular weight excluding hydrogens is 160 g/mol. The van der Waals surface area contributed by atoms with Crippen molar-refractivity contribution in [3.8, 4) is 0 Å². The molecule has 5 heteroatoms. The maximum atomic E-state index is 10.8. The van der Waals surface area contributed by atoms with Gasteiger partial charge in [0, 0.05) is 0 Å². The number of esters is 1. The van der Waals surface area contributed by atoms with Crippen LogP contribution >= 0.6 is 0 Å². The molecule has 0 aliphatic heterocycles. The molecule has 66 valence electrons. The molecule has 1 aromatic heterocycles. The molecule has 0 aliphatic rings. The Bertz CT molecular complexity index is 269. The van der Waals surface area contributed by atoms with Gasteiger partial charge in [-0.15, -0.1) is 0 Å². The maximum Gasteiger partial charge on any atom is 0.325 e. The molecule has 0 aromatic carbocycles. The fraction of sp³-hybridized carbons (Fsp3) is 0.429. The minimum absolute atomic E-state index is 0.0897. The van der Waals surface area contributed by atoms with Crippen LogP contribution in [-0.2, 0) is 22.7 Å². The first-order valence-electron chi connectivity index (χ1n) is 3.44. The van der Waals surface area contributed by atoms with Crippen LogP contribution in [0.4, 0.5) is 0 Å². The van der Waals surface area contributed by atoms with E-state index in [2.05, 4.69) is 9.72 Å². The van der Waals surface area contributed by atoms with Crippen LogP contribution in [0.3, 0.4) is 0 Å². The SMILES string of the molecule is COC(=O)Cn1cncc1CO. The summed E-state index contributed by atoms with van der Waals surface area (Å²) in [5.41, 5.74) is 0.598. The molecule has 0 bridgehead atoms. The van der Waals surface area contributed by atoms with Gasteiger partial charge in [0.1, 0.15) is 6.54 Å². The summed E-state index contributed by atoms with van der Waals surface area (Å²) in [4.78, 5) is 14.6. The van der Waals surface area contributed by atoms with Crippen molar-refractivity contribution in [1.29, 1.82) is 0 Å². The zero-order valence-electron chi connectivity index (χ0n) is 6.73. The van der Waals surface area contributed by atoms with Crippen LogP contribution in [0.1, 0.15) is 5.69 Å². The molecule has 0 atom stereocenters. The van der Waals surface area contributed by atoms with Crippen LogP contribution in [-0.4, -0.2) is 27.7 Å². The highest BCUT2D eigenvalue weighted by atomic mass is 16.5. The van der Waals surface area contributed by atoms with Gasteiger partial charge in [0.2, 0.25) is 0 Å². The summed E-state index contributed by atoms with van der Waals surface area (Å²) in [5.74, 6) is -0.359. The Labute approximate surface area is 69.6 Å². The Morgan fingerprint density at radius 3 is 3.17 bits per heavy atom. The molecule has 5 nitrogen and oxygen atoms in total. The predicted octanol–water partition coefficient (Wildman–Crippen LogP) is -0.452. The molecule has 1 N–H and O–H groups in total. The van der Waals surface area contributed by atoms with Crippen molar-refractivity contribution in [2.45, 2.75) is 13.2 Å². The number of hydrogen-bond donors (Lipinski definition) is 1. The van der Waals surface area contributed by atoms with E-state index in [4.69, 9.17) is 5.11 Å². The topological polar surface area (TPSA) is 64.4 Å². The van der Waals surface area contributed by atoms with Crippen molar-refractivity contribution in [2.24, 2.45) is 0 Å². The van der Waals surface area contributed by atoms with Crippen LogP contribution in [0.25, 0.3) is 0 Å². The highest BCUT2D eigenvalue weighted by molar-refractivity contribution is 5.69. The average molecular weight is 170 g/mol. The van der Waals surface area contributed by atoms with E-state index in [-0.39, 0.29) is 19.1 Å². The molecule has 0 spiro atoms. The van der Waals surface area contributed by atoms with E-state index >= 15 is 0 Å². The first-order valence-corrected chi connectivity index (χ1v) is 3.44. The third-order valence-corrected chi connectivity index (χ3v) is 1.49. The highest BCUT2D eigenvalue weighted by Gasteiger charge is 2.05. The smallest absolute Gasteiger partial charge is 0.325 e. The highest BCUT2D eigenvalue weighted by Crippen LogP contribution is 1.98. The lowest BCUT2D eigenvalue weighted by atomic mass is 10.5. The first-order chi connectivity index (χ1) is 5.77. The van der Waals surface area contributed by atoms with Gasteiger partial charge in [0.25, 0.3) is 0 Å². The second kappa shape index (κ2) is 3.87. The van der Waals surface area contributed by atoms with Gasteiger partial charge < -0.3 is 14.4 Å². The second-order valence-corrected chi connectivity index (χ2v) is 2.25. The van der Waals surface area contributed by atoms with E-state index in [0.717, 1.165) is 0 Å². The lowest BCUT2D eigenvalue weighted by Gasteiger charge is -2.03. The van der Waals surface area contributed by atoms with Gasteiger partial charge in [-0.05, 0) is 0 Å². The van der Waals surface area contributed by atoms with Crippen LogP contribution in [0.15, 0.2) is 12.5 Å². The van der Waals surface area contributed by atoms with Crippen LogP contribution in [0, 0.1) is 0 Å². The summed E-state index contributed by atoms with van der Waals surface area (Å²) in [5, 5.41) is 8.78. The molecule has 0 amide bonds. The first kappa shape index (κ1) is 8.73. The Morgan fingerprint density at radius 2 is 2.58 bits per heavy atom. The van der Waals surface area contributed by atoms with Crippen molar-refractivity contribution in [2.75, 3.05) is 7.11 Å². The number of hydrogen-bond acceptors (Lipinski definition) is 4. The molecule has 1 aromatic rings. The Morgan fingerprint density at radius 1 is 1.83 bits per heavy atom. The number of aromatic nitrogens is 2. The largest absolute Gasteiger partial charge is 0.468 e. The third kappa shape index (κ3) is 1.82. The number of aliphatic hydroxyl groups excluding tert-OH is 1. The van der Waals surface area contributed by atoms with Gasteiger partial charge in [-0.25, -0.2) is 4.98 Å². The van der Waals surface area contributed by atoms with Crippen LogP contribution < -0.4 is 0 Å². The number of carbonyl (C=O) groups excluding carboxylic acids is 1. The van der Waals surface area contributed by atoms with E-state index in [1.54, 1.807) is 0 Å². The Hall–Kier alpha value is -1.36. The van der Waals surface area contributed by atoms with E-state index in [9.17, 15) is 4.79 Å². The van der Waals surface area contributed by atoms with Crippen molar-refractivity contribution in [3.63, 3.8) is 0 Å². The summed E-state index contributed by atoms with van der Waals surface area (Å²) in [6.07, 6.45) is 2.98. The number of imidazole rings is 1. The predicted molar refractivity (Wildman–Crippen MR) is 40.2 cm³/mol. The van der Waals surface area contributed by atoms with Gasteiger partial charge in [-0.2, -0.15) is 0 Å². The zero-order chi connectivity index (χ0) is 8.97. The Kier molecular flexibility index (Phi) is 2.82. The van der Waals surface area contributed by atoms with Gasteiger partial charge in [-0.1, -0.05) is 0 Å². The molecule has 1 heterocycles. The number of ether oxygens (including phenoxy) is 1. The lowest BCUT2D eigenvalue weighted by molar-refractivity contribution is -0.141. The molecule has 0 aliphatic carbocycles. The monoisotopic (exact) mass is 170 g/mol. The fourth-order valence-electron chi connectivity index (χ4n) is 0.826. The van der Waals surface area contributed by atoms with Crippen molar-refractivity contribution in [3.05, 3.63) is 18.2 Å². The normalized spacial score (nSPS) is 9.83. The number of aliphatic hydroxyl groups is 1. The molecule has 12 heavy (non-hydrogen) atoms. The van der Waals surface area contributed by atoms with Crippen molar-refractivity contribution < 1.29 is 14.6 Å². The van der Waals surface area contributed by atoms with Gasteiger partial charge >= 0.3 is 5.97 Å². The zero-order valence-corrected chi connectivity index (χ0v) is 6.73. The summed E-state index contributed by atoms with van der Waals surface area (Å²) in [6, 6.07) is 0. The summed E-state index contributed by atoms with van der Waals surface area (Å²) < 4.78 is 5.99. The van der Waals surface area contributed by atoms with Crippen molar-refractivity contribution in [1.82, 2.24) is 9.55 Å². The summed E-state index contributed by atoms with van der Waals surface area (Å²) in [6.45, 7) is -0.0383.